The number of hydrogen-bond donors (Lipinski definition) is 2. The lowest BCUT2D eigenvalue weighted by atomic mass is 10.1. The van der Waals surface area contributed by atoms with Gasteiger partial charge in [0.15, 0.2) is 0 Å². The van der Waals surface area contributed by atoms with Gasteiger partial charge >= 0.3 is 0 Å². The number of amides is 2. The Labute approximate surface area is 158 Å². The number of rotatable bonds is 5. The summed E-state index contributed by atoms with van der Waals surface area (Å²) in [6, 6.07) is 0.683. The zero-order chi connectivity index (χ0) is 19.8. The largest absolute Gasteiger partial charge is 0.361 e. The van der Waals surface area contributed by atoms with E-state index < -0.39 is 16.1 Å². The van der Waals surface area contributed by atoms with Gasteiger partial charge < -0.3 is 14.7 Å². The SMILES string of the molecule is CC(=O)N[C@H]1CN(Cc2cc(C)on2)C[C@@H]2C[C@H](NS(C)(=O)=O)CN2C1=O. The minimum absolute atomic E-state index is 0.136. The van der Waals surface area contributed by atoms with E-state index in [2.05, 4.69) is 15.2 Å². The van der Waals surface area contributed by atoms with Crippen molar-refractivity contribution in [3.8, 4) is 0 Å². The predicted molar refractivity (Wildman–Crippen MR) is 96.0 cm³/mol. The summed E-state index contributed by atoms with van der Waals surface area (Å²) in [5.74, 6) is 0.232. The summed E-state index contributed by atoms with van der Waals surface area (Å²) in [5, 5.41) is 6.71. The topological polar surface area (TPSA) is 125 Å². The van der Waals surface area contributed by atoms with Crippen LogP contribution < -0.4 is 10.0 Å². The molecular weight excluding hydrogens is 374 g/mol. The molecule has 2 amide bonds. The molecule has 0 unspecified atom stereocenters. The number of aromatic nitrogens is 1. The predicted octanol–water partition coefficient (Wildman–Crippen LogP) is -1.18. The fourth-order valence-electron chi connectivity index (χ4n) is 3.86. The number of fused-ring (bicyclic) bond motifs is 1. The minimum Gasteiger partial charge on any atom is -0.361 e. The molecule has 0 aromatic carbocycles. The molecule has 27 heavy (non-hydrogen) atoms. The number of carbonyl (C=O) groups is 2. The lowest BCUT2D eigenvalue weighted by Crippen LogP contribution is -2.51. The lowest BCUT2D eigenvalue weighted by molar-refractivity contribution is -0.135. The van der Waals surface area contributed by atoms with Gasteiger partial charge in [0.1, 0.15) is 11.8 Å². The van der Waals surface area contributed by atoms with Crippen molar-refractivity contribution >= 4 is 21.8 Å². The monoisotopic (exact) mass is 399 g/mol. The Morgan fingerprint density at radius 3 is 2.70 bits per heavy atom. The molecule has 2 aliphatic rings. The van der Waals surface area contributed by atoms with E-state index in [-0.39, 0.29) is 23.9 Å². The average Bonchev–Trinajstić information content (AvgIpc) is 3.07. The van der Waals surface area contributed by atoms with E-state index in [1.54, 1.807) is 4.90 Å². The van der Waals surface area contributed by atoms with Crippen molar-refractivity contribution in [2.75, 3.05) is 25.9 Å². The second-order valence-electron chi connectivity index (χ2n) is 7.34. The fraction of sp³-hybridized carbons (Fsp3) is 0.688. The first-order valence-corrected chi connectivity index (χ1v) is 10.7. The standard InChI is InChI=1S/C16H25N5O5S/c1-10-4-12(18-26-10)6-20-8-14-5-13(19-27(3,24)25)7-21(14)16(23)15(9-20)17-11(2)22/h4,13-15,19H,5-9H2,1-3H3,(H,17,22)/t13-,14-,15-/m0/s1. The smallest absolute Gasteiger partial charge is 0.246 e. The van der Waals surface area contributed by atoms with Crippen LogP contribution in [-0.4, -0.2) is 79.2 Å². The van der Waals surface area contributed by atoms with Gasteiger partial charge in [0.25, 0.3) is 0 Å². The fourth-order valence-corrected chi connectivity index (χ4v) is 4.64. The third-order valence-corrected chi connectivity index (χ3v) is 5.49. The molecule has 3 heterocycles. The quantitative estimate of drug-likeness (QED) is 0.639. The van der Waals surface area contributed by atoms with Gasteiger partial charge in [0, 0.05) is 51.3 Å². The van der Waals surface area contributed by atoms with Gasteiger partial charge in [-0.3, -0.25) is 14.5 Å². The molecule has 2 saturated heterocycles. The molecule has 0 spiro atoms. The van der Waals surface area contributed by atoms with Gasteiger partial charge in [-0.2, -0.15) is 0 Å². The molecule has 2 N–H and O–H groups in total. The minimum atomic E-state index is -3.36. The highest BCUT2D eigenvalue weighted by Gasteiger charge is 2.43. The summed E-state index contributed by atoms with van der Waals surface area (Å²) >= 11 is 0. The first kappa shape index (κ1) is 19.8. The van der Waals surface area contributed by atoms with Crippen LogP contribution >= 0.6 is 0 Å². The third-order valence-electron chi connectivity index (χ3n) is 4.73. The molecule has 0 saturated carbocycles. The Morgan fingerprint density at radius 2 is 2.11 bits per heavy atom. The van der Waals surface area contributed by atoms with E-state index in [4.69, 9.17) is 4.52 Å². The van der Waals surface area contributed by atoms with E-state index in [0.29, 0.717) is 38.4 Å². The highest BCUT2D eigenvalue weighted by atomic mass is 32.2. The molecule has 1 aromatic heterocycles. The molecule has 3 atom stereocenters. The van der Waals surface area contributed by atoms with Crippen LogP contribution in [0.15, 0.2) is 10.6 Å². The van der Waals surface area contributed by atoms with Crippen LogP contribution in [0.1, 0.15) is 24.8 Å². The van der Waals surface area contributed by atoms with Gasteiger partial charge in [-0.25, -0.2) is 13.1 Å². The Hall–Kier alpha value is -1.98. The molecular formula is C16H25N5O5S. The zero-order valence-electron chi connectivity index (χ0n) is 15.6. The first-order valence-electron chi connectivity index (χ1n) is 8.80. The van der Waals surface area contributed by atoms with Gasteiger partial charge in [-0.1, -0.05) is 5.16 Å². The maximum Gasteiger partial charge on any atom is 0.246 e. The van der Waals surface area contributed by atoms with Crippen molar-refractivity contribution in [3.63, 3.8) is 0 Å². The highest BCUT2D eigenvalue weighted by Crippen LogP contribution is 2.24. The molecule has 3 rings (SSSR count). The summed E-state index contributed by atoms with van der Waals surface area (Å²) in [6.07, 6.45) is 1.64. The molecule has 0 aliphatic carbocycles. The molecule has 10 nitrogen and oxygen atoms in total. The van der Waals surface area contributed by atoms with E-state index in [1.165, 1.54) is 6.92 Å². The van der Waals surface area contributed by atoms with Gasteiger partial charge in [0.05, 0.1) is 11.9 Å². The summed E-state index contributed by atoms with van der Waals surface area (Å²) in [5.41, 5.74) is 0.749. The Morgan fingerprint density at radius 1 is 1.37 bits per heavy atom. The van der Waals surface area contributed by atoms with Crippen molar-refractivity contribution < 1.29 is 22.5 Å². The molecule has 1 aromatic rings. The Kier molecular flexibility index (Phi) is 5.54. The number of sulfonamides is 1. The van der Waals surface area contributed by atoms with E-state index in [1.807, 2.05) is 17.9 Å². The van der Waals surface area contributed by atoms with Crippen molar-refractivity contribution in [1.82, 2.24) is 25.0 Å². The van der Waals surface area contributed by atoms with Crippen molar-refractivity contribution in [2.24, 2.45) is 0 Å². The first-order chi connectivity index (χ1) is 12.6. The van der Waals surface area contributed by atoms with Crippen molar-refractivity contribution in [3.05, 3.63) is 17.5 Å². The van der Waals surface area contributed by atoms with Gasteiger partial charge in [-0.15, -0.1) is 0 Å². The molecule has 150 valence electrons. The van der Waals surface area contributed by atoms with Crippen molar-refractivity contribution in [1.29, 1.82) is 0 Å². The Balaban J connectivity index is 1.79. The average molecular weight is 399 g/mol. The number of aryl methyl sites for hydroxylation is 1. The van der Waals surface area contributed by atoms with E-state index in [0.717, 1.165) is 11.9 Å². The number of nitrogens with one attached hydrogen (secondary N) is 2. The maximum absolute atomic E-state index is 12.9. The van der Waals surface area contributed by atoms with E-state index in [9.17, 15) is 18.0 Å². The normalized spacial score (nSPS) is 26.7. The summed E-state index contributed by atoms with van der Waals surface area (Å²) < 4.78 is 30.8. The second kappa shape index (κ2) is 7.56. The lowest BCUT2D eigenvalue weighted by Gasteiger charge is -2.24. The summed E-state index contributed by atoms with van der Waals surface area (Å²) in [6.45, 7) is 4.89. The molecule has 0 radical (unpaired) electrons. The molecule has 2 aliphatic heterocycles. The van der Waals surface area contributed by atoms with E-state index >= 15 is 0 Å². The highest BCUT2D eigenvalue weighted by molar-refractivity contribution is 7.88. The van der Waals surface area contributed by atoms with Gasteiger partial charge in [-0.05, 0) is 13.3 Å². The van der Waals surface area contributed by atoms with Crippen LogP contribution in [0.4, 0.5) is 0 Å². The third kappa shape index (κ3) is 5.05. The second-order valence-corrected chi connectivity index (χ2v) is 9.12. The molecule has 11 heteroatoms. The zero-order valence-corrected chi connectivity index (χ0v) is 16.5. The van der Waals surface area contributed by atoms with Crippen LogP contribution in [0.2, 0.25) is 0 Å². The van der Waals surface area contributed by atoms with Gasteiger partial charge in [0.2, 0.25) is 21.8 Å². The van der Waals surface area contributed by atoms with Crippen molar-refractivity contribution in [2.45, 2.75) is 44.9 Å². The molecule has 0 bridgehead atoms. The van der Waals surface area contributed by atoms with Crippen LogP contribution in [0.3, 0.4) is 0 Å². The number of nitrogens with zero attached hydrogens (tertiary/aromatic N) is 3. The maximum atomic E-state index is 12.9. The summed E-state index contributed by atoms with van der Waals surface area (Å²) in [4.78, 5) is 28.2. The van der Waals surface area contributed by atoms with Crippen LogP contribution in [0, 0.1) is 6.92 Å². The molecule has 2 fully saturated rings. The Bertz CT molecular complexity index is 823. The van der Waals surface area contributed by atoms with Crippen LogP contribution in [0.5, 0.6) is 0 Å². The van der Waals surface area contributed by atoms with Crippen LogP contribution in [-0.2, 0) is 26.2 Å². The number of carbonyl (C=O) groups excluding carboxylic acids is 2. The summed E-state index contributed by atoms with van der Waals surface area (Å²) in [7, 11) is -3.36. The van der Waals surface area contributed by atoms with Crippen LogP contribution in [0.25, 0.3) is 0 Å². The number of hydrogen-bond acceptors (Lipinski definition) is 7.